The van der Waals surface area contributed by atoms with Crippen molar-refractivity contribution in [2.75, 3.05) is 11.9 Å². The van der Waals surface area contributed by atoms with E-state index >= 15 is 0 Å². The monoisotopic (exact) mass is 357 g/mol. The Hall–Kier alpha value is -3.67. The third kappa shape index (κ3) is 3.95. The van der Waals surface area contributed by atoms with Crippen molar-refractivity contribution < 1.29 is 4.79 Å². The summed E-state index contributed by atoms with van der Waals surface area (Å²) in [5.41, 5.74) is 3.77. The highest BCUT2D eigenvalue weighted by molar-refractivity contribution is 5.94. The molecule has 0 aliphatic rings. The second kappa shape index (κ2) is 7.70. The summed E-state index contributed by atoms with van der Waals surface area (Å²) in [6.45, 7) is 0.582. The minimum atomic E-state index is -0.0858. The fourth-order valence-corrected chi connectivity index (χ4v) is 2.95. The molecule has 4 aromatic rings. The van der Waals surface area contributed by atoms with Gasteiger partial charge in [-0.25, -0.2) is 9.97 Å². The summed E-state index contributed by atoms with van der Waals surface area (Å²) in [5, 5.41) is 7.26. The van der Waals surface area contributed by atoms with Crippen molar-refractivity contribution in [1.82, 2.24) is 20.3 Å². The molecule has 6 heteroatoms. The smallest absolute Gasteiger partial charge is 0.251 e. The Morgan fingerprint density at radius 1 is 0.963 bits per heavy atom. The van der Waals surface area contributed by atoms with Gasteiger partial charge in [-0.1, -0.05) is 18.2 Å². The van der Waals surface area contributed by atoms with Gasteiger partial charge in [0.15, 0.2) is 0 Å². The number of benzene rings is 2. The van der Waals surface area contributed by atoms with E-state index in [0.717, 1.165) is 17.6 Å². The van der Waals surface area contributed by atoms with Gasteiger partial charge in [0.25, 0.3) is 5.91 Å². The van der Waals surface area contributed by atoms with E-state index in [1.807, 2.05) is 36.5 Å². The molecule has 1 amide bonds. The number of H-pyrrole nitrogens is 1. The lowest BCUT2D eigenvalue weighted by molar-refractivity contribution is 0.0954. The van der Waals surface area contributed by atoms with Gasteiger partial charge in [-0.3, -0.25) is 4.79 Å². The Morgan fingerprint density at radius 2 is 1.74 bits per heavy atom. The van der Waals surface area contributed by atoms with Gasteiger partial charge < -0.3 is 15.6 Å². The largest absolute Gasteiger partial charge is 0.361 e. The number of fused-ring (bicyclic) bond motifs is 1. The number of carbonyl (C=O) groups excluding carboxylic acids is 1. The van der Waals surface area contributed by atoms with Crippen molar-refractivity contribution in [2.24, 2.45) is 0 Å². The van der Waals surface area contributed by atoms with Crippen LogP contribution in [0.3, 0.4) is 0 Å². The zero-order valence-electron chi connectivity index (χ0n) is 14.6. The van der Waals surface area contributed by atoms with Crippen LogP contribution in [-0.4, -0.2) is 27.4 Å². The van der Waals surface area contributed by atoms with Gasteiger partial charge in [0.2, 0.25) is 5.95 Å². The van der Waals surface area contributed by atoms with Crippen LogP contribution in [0.4, 0.5) is 11.6 Å². The van der Waals surface area contributed by atoms with Crippen LogP contribution in [-0.2, 0) is 6.42 Å². The van der Waals surface area contributed by atoms with E-state index < -0.39 is 0 Å². The maximum absolute atomic E-state index is 12.3. The lowest BCUT2D eigenvalue weighted by Gasteiger charge is -2.07. The first-order valence-corrected chi connectivity index (χ1v) is 8.77. The van der Waals surface area contributed by atoms with Crippen molar-refractivity contribution in [2.45, 2.75) is 6.42 Å². The van der Waals surface area contributed by atoms with Crippen molar-refractivity contribution in [3.05, 3.63) is 84.3 Å². The minimum absolute atomic E-state index is 0.0858. The average molecular weight is 357 g/mol. The quantitative estimate of drug-likeness (QED) is 0.492. The molecule has 0 saturated carbocycles. The summed E-state index contributed by atoms with van der Waals surface area (Å²) in [6.07, 6.45) is 6.12. The second-order valence-corrected chi connectivity index (χ2v) is 6.14. The van der Waals surface area contributed by atoms with Crippen LogP contribution in [0.1, 0.15) is 15.9 Å². The Labute approximate surface area is 156 Å². The van der Waals surface area contributed by atoms with E-state index in [0.29, 0.717) is 18.1 Å². The van der Waals surface area contributed by atoms with Gasteiger partial charge in [0.05, 0.1) is 0 Å². The van der Waals surface area contributed by atoms with Crippen LogP contribution in [0.15, 0.2) is 73.2 Å². The Bertz CT molecular complexity index is 1040. The van der Waals surface area contributed by atoms with E-state index in [2.05, 4.69) is 31.7 Å². The van der Waals surface area contributed by atoms with Gasteiger partial charge >= 0.3 is 0 Å². The van der Waals surface area contributed by atoms with Gasteiger partial charge in [-0.05, 0) is 48.4 Å². The van der Waals surface area contributed by atoms with Crippen LogP contribution >= 0.6 is 0 Å². The summed E-state index contributed by atoms with van der Waals surface area (Å²) < 4.78 is 0. The fraction of sp³-hybridized carbons (Fsp3) is 0.0952. The standard InChI is InChI=1S/C21H19N5O/c27-20(22-13-10-16-14-25-19-5-2-1-4-18(16)19)15-6-8-17(9-7-15)26-21-23-11-3-12-24-21/h1-9,11-12,14,25H,10,13H2,(H,22,27)(H,23,24,26). The number of aromatic amines is 1. The highest BCUT2D eigenvalue weighted by Crippen LogP contribution is 2.18. The molecule has 2 aromatic carbocycles. The first kappa shape index (κ1) is 16.8. The fourth-order valence-electron chi connectivity index (χ4n) is 2.95. The minimum Gasteiger partial charge on any atom is -0.361 e. The van der Waals surface area contributed by atoms with Crippen LogP contribution in [0, 0.1) is 0 Å². The van der Waals surface area contributed by atoms with Crippen molar-refractivity contribution in [3.63, 3.8) is 0 Å². The molecule has 0 radical (unpaired) electrons. The van der Waals surface area contributed by atoms with Gasteiger partial charge in [0.1, 0.15) is 0 Å². The Morgan fingerprint density at radius 3 is 2.56 bits per heavy atom. The molecular formula is C21H19N5O. The summed E-state index contributed by atoms with van der Waals surface area (Å²) in [6, 6.07) is 17.2. The molecule has 0 aliphatic carbocycles. The van der Waals surface area contributed by atoms with Gasteiger partial charge in [-0.15, -0.1) is 0 Å². The third-order valence-electron chi connectivity index (χ3n) is 4.32. The maximum Gasteiger partial charge on any atom is 0.251 e. The van der Waals surface area contributed by atoms with E-state index in [-0.39, 0.29) is 5.91 Å². The van der Waals surface area contributed by atoms with Crippen molar-refractivity contribution in [1.29, 1.82) is 0 Å². The summed E-state index contributed by atoms with van der Waals surface area (Å²) in [7, 11) is 0. The summed E-state index contributed by atoms with van der Waals surface area (Å²) in [4.78, 5) is 23.8. The van der Waals surface area contributed by atoms with Gasteiger partial charge in [-0.2, -0.15) is 0 Å². The number of hydrogen-bond acceptors (Lipinski definition) is 4. The van der Waals surface area contributed by atoms with E-state index in [9.17, 15) is 4.79 Å². The predicted octanol–water partition coefficient (Wildman–Crippen LogP) is 3.67. The van der Waals surface area contributed by atoms with Crippen molar-refractivity contribution >= 4 is 28.4 Å². The Kier molecular flexibility index (Phi) is 4.78. The first-order chi connectivity index (χ1) is 13.3. The third-order valence-corrected chi connectivity index (χ3v) is 4.32. The van der Waals surface area contributed by atoms with E-state index in [1.54, 1.807) is 30.6 Å². The molecule has 2 heterocycles. The molecule has 0 bridgehead atoms. The lowest BCUT2D eigenvalue weighted by Crippen LogP contribution is -2.25. The number of rotatable bonds is 6. The number of anilines is 2. The molecule has 0 fully saturated rings. The number of aromatic nitrogens is 3. The van der Waals surface area contributed by atoms with Crippen LogP contribution in [0.25, 0.3) is 10.9 Å². The zero-order valence-corrected chi connectivity index (χ0v) is 14.6. The number of para-hydroxylation sites is 1. The topological polar surface area (TPSA) is 82.7 Å². The molecule has 134 valence electrons. The summed E-state index contributed by atoms with van der Waals surface area (Å²) in [5.74, 6) is 0.436. The molecule has 2 aromatic heterocycles. The molecule has 27 heavy (non-hydrogen) atoms. The van der Waals surface area contributed by atoms with Crippen LogP contribution in [0.2, 0.25) is 0 Å². The average Bonchev–Trinajstić information content (AvgIpc) is 3.12. The van der Waals surface area contributed by atoms with E-state index in [1.165, 1.54) is 10.9 Å². The molecule has 6 nitrogen and oxygen atoms in total. The van der Waals surface area contributed by atoms with Crippen molar-refractivity contribution in [3.8, 4) is 0 Å². The second-order valence-electron chi connectivity index (χ2n) is 6.14. The van der Waals surface area contributed by atoms with E-state index in [4.69, 9.17) is 0 Å². The number of carbonyl (C=O) groups is 1. The molecule has 0 atom stereocenters. The lowest BCUT2D eigenvalue weighted by atomic mass is 10.1. The number of amides is 1. The molecule has 4 rings (SSSR count). The first-order valence-electron chi connectivity index (χ1n) is 8.77. The molecule has 0 aliphatic heterocycles. The number of nitrogens with zero attached hydrogens (tertiary/aromatic N) is 2. The molecule has 0 spiro atoms. The highest BCUT2D eigenvalue weighted by Gasteiger charge is 2.07. The molecular weight excluding hydrogens is 338 g/mol. The predicted molar refractivity (Wildman–Crippen MR) is 106 cm³/mol. The number of hydrogen-bond donors (Lipinski definition) is 3. The SMILES string of the molecule is O=C(NCCc1c[nH]c2ccccc12)c1ccc(Nc2ncccn2)cc1. The zero-order chi connectivity index (χ0) is 18.5. The molecule has 0 saturated heterocycles. The Balaban J connectivity index is 1.33. The highest BCUT2D eigenvalue weighted by atomic mass is 16.1. The van der Waals surface area contributed by atoms with Gasteiger partial charge in [0, 0.05) is 47.3 Å². The summed E-state index contributed by atoms with van der Waals surface area (Å²) >= 11 is 0. The van der Waals surface area contributed by atoms with Crippen LogP contribution in [0.5, 0.6) is 0 Å². The molecule has 3 N–H and O–H groups in total. The maximum atomic E-state index is 12.3. The van der Waals surface area contributed by atoms with Crippen LogP contribution < -0.4 is 10.6 Å². The number of nitrogens with one attached hydrogen (secondary N) is 3. The normalized spacial score (nSPS) is 10.7. The molecule has 0 unspecified atom stereocenters.